The van der Waals surface area contributed by atoms with Gasteiger partial charge >= 0.3 is 35.5 Å². The number of rotatable bonds is 4. The quantitative estimate of drug-likeness (QED) is 0.248. The predicted octanol–water partition coefficient (Wildman–Crippen LogP) is 5.63. The van der Waals surface area contributed by atoms with Crippen molar-refractivity contribution in [2.45, 2.75) is 44.6 Å². The molecule has 1 rings (SSSR count). The fourth-order valence-corrected chi connectivity index (χ4v) is 3.29. The molecule has 0 saturated heterocycles. The first-order chi connectivity index (χ1) is 11.1. The summed E-state index contributed by atoms with van der Waals surface area (Å²) in [5, 5.41) is 0. The Bertz CT molecular complexity index is 519. The Hall–Kier alpha value is -0.320. The van der Waals surface area contributed by atoms with E-state index in [2.05, 4.69) is 0 Å². The van der Waals surface area contributed by atoms with E-state index < -0.39 is 80.6 Å². The van der Waals surface area contributed by atoms with Crippen molar-refractivity contribution in [2.75, 3.05) is 13.3 Å². The molecular formula is C10H4F15I. The van der Waals surface area contributed by atoms with Gasteiger partial charge in [-0.3, -0.25) is 0 Å². The van der Waals surface area contributed by atoms with Crippen molar-refractivity contribution in [3.8, 4) is 0 Å². The van der Waals surface area contributed by atoms with Crippen LogP contribution in [0.5, 0.6) is 0 Å². The van der Waals surface area contributed by atoms with Crippen LogP contribution in [-0.4, -0.2) is 58.0 Å². The normalized spacial score (nSPS) is 28.6. The molecule has 0 aliphatic heterocycles. The molecule has 0 aromatic heterocycles. The molecule has 0 N–H and O–H groups in total. The minimum Gasteiger partial charge on any atom is -0.247 e. The minimum atomic E-state index is -7.58. The molecule has 1 aliphatic rings. The Morgan fingerprint density at radius 2 is 0.769 bits per heavy atom. The zero-order valence-corrected chi connectivity index (χ0v) is 13.6. The van der Waals surface area contributed by atoms with Crippen LogP contribution in [0, 0.1) is 0 Å². The van der Waals surface area contributed by atoms with E-state index in [0.29, 0.717) is 0 Å². The van der Waals surface area contributed by atoms with Crippen LogP contribution >= 0.6 is 22.6 Å². The van der Waals surface area contributed by atoms with Gasteiger partial charge in [0.1, 0.15) is 13.3 Å². The highest BCUT2D eigenvalue weighted by atomic mass is 127. The van der Waals surface area contributed by atoms with Crippen LogP contribution in [0.25, 0.3) is 0 Å². The summed E-state index contributed by atoms with van der Waals surface area (Å²) in [6.45, 7) is -6.80. The van der Waals surface area contributed by atoms with Gasteiger partial charge in [-0.25, -0.2) is 22.0 Å². The third kappa shape index (κ3) is 2.02. The summed E-state index contributed by atoms with van der Waals surface area (Å²) in [4.78, 5) is 0. The van der Waals surface area contributed by atoms with Crippen molar-refractivity contribution < 1.29 is 65.9 Å². The number of alkyl halides is 16. The first-order valence-corrected chi connectivity index (χ1v) is 6.97. The van der Waals surface area contributed by atoms with Crippen LogP contribution in [0.3, 0.4) is 0 Å². The summed E-state index contributed by atoms with van der Waals surface area (Å²) in [5.41, 5.74) is -5.72. The van der Waals surface area contributed by atoms with Gasteiger partial charge in [0.15, 0.2) is 0 Å². The van der Waals surface area contributed by atoms with E-state index in [4.69, 9.17) is 0 Å². The SMILES string of the molecule is FCC(F)(CF)C(F)(F)C1(I)C(F)(F)C(F)(F)C(F)(F)C(F)(F)C1(F)F. The first kappa shape index (κ1) is 23.7. The molecule has 16 heteroatoms. The van der Waals surface area contributed by atoms with Crippen molar-refractivity contribution >= 4 is 22.6 Å². The van der Waals surface area contributed by atoms with Gasteiger partial charge in [0.05, 0.1) is 0 Å². The lowest BCUT2D eigenvalue weighted by Crippen LogP contribution is -2.88. The lowest BCUT2D eigenvalue weighted by Gasteiger charge is -2.57. The fraction of sp³-hybridized carbons (Fsp3) is 1.00. The molecule has 0 heterocycles. The molecule has 0 spiro atoms. The molecule has 0 radical (unpaired) electrons. The zero-order chi connectivity index (χ0) is 21.4. The molecule has 0 atom stereocenters. The standard InChI is InChI=1S/C10H4F15I/c11-1-3(13,2-12)5(14,15)4(26)6(16,17)8(20,21)10(24,25)9(22,23)7(4,18)19/h1-2H2. The van der Waals surface area contributed by atoms with Crippen LogP contribution in [0.4, 0.5) is 65.9 Å². The fourth-order valence-electron chi connectivity index (χ4n) is 2.13. The van der Waals surface area contributed by atoms with E-state index in [1.54, 1.807) is 0 Å². The zero-order valence-electron chi connectivity index (χ0n) is 11.5. The van der Waals surface area contributed by atoms with E-state index in [1.807, 2.05) is 0 Å². The highest BCUT2D eigenvalue weighted by molar-refractivity contribution is 14.1. The average molecular weight is 536 g/mol. The summed E-state index contributed by atoms with van der Waals surface area (Å²) < 4.78 is 193. The van der Waals surface area contributed by atoms with Gasteiger partial charge in [-0.15, -0.1) is 0 Å². The number of hydrogen-bond acceptors (Lipinski definition) is 0. The molecular weight excluding hydrogens is 532 g/mol. The summed E-state index contributed by atoms with van der Waals surface area (Å²) in [6, 6.07) is 0. The number of hydrogen-bond donors (Lipinski definition) is 0. The van der Waals surface area contributed by atoms with E-state index in [-0.39, 0.29) is 0 Å². The molecule has 0 nitrogen and oxygen atoms in total. The summed E-state index contributed by atoms with van der Waals surface area (Å²) >= 11 is -1.16. The highest BCUT2D eigenvalue weighted by Crippen LogP contribution is 2.75. The van der Waals surface area contributed by atoms with Crippen LogP contribution < -0.4 is 0 Å². The van der Waals surface area contributed by atoms with E-state index in [0.717, 1.165) is 0 Å². The van der Waals surface area contributed by atoms with Gasteiger partial charge in [-0.1, -0.05) is 22.6 Å². The molecule has 0 bridgehead atoms. The average Bonchev–Trinajstić information content (AvgIpc) is 2.50. The van der Waals surface area contributed by atoms with Crippen molar-refractivity contribution in [1.82, 2.24) is 0 Å². The molecule has 156 valence electrons. The maximum absolute atomic E-state index is 13.9. The largest absolute Gasteiger partial charge is 0.384 e. The van der Waals surface area contributed by atoms with Gasteiger partial charge in [-0.05, 0) is 0 Å². The molecule has 1 saturated carbocycles. The Labute approximate surface area is 147 Å². The van der Waals surface area contributed by atoms with Crippen molar-refractivity contribution in [1.29, 1.82) is 0 Å². The predicted molar refractivity (Wildman–Crippen MR) is 62.2 cm³/mol. The summed E-state index contributed by atoms with van der Waals surface area (Å²) in [7, 11) is 0. The van der Waals surface area contributed by atoms with Crippen LogP contribution in [0.2, 0.25) is 0 Å². The Kier molecular flexibility index (Phi) is 5.12. The second-order valence-electron chi connectivity index (χ2n) is 5.34. The number of halogens is 16. The van der Waals surface area contributed by atoms with E-state index in [1.165, 1.54) is 0 Å². The Balaban J connectivity index is 4.05. The van der Waals surface area contributed by atoms with Crippen molar-refractivity contribution in [2.24, 2.45) is 0 Å². The summed E-state index contributed by atoms with van der Waals surface area (Å²) in [5.74, 6) is -44.7. The van der Waals surface area contributed by atoms with Crippen LogP contribution in [-0.2, 0) is 0 Å². The van der Waals surface area contributed by atoms with Crippen molar-refractivity contribution in [3.05, 3.63) is 0 Å². The molecule has 1 fully saturated rings. The van der Waals surface area contributed by atoms with E-state index >= 15 is 0 Å². The highest BCUT2D eigenvalue weighted by Gasteiger charge is 3.04. The topological polar surface area (TPSA) is 0 Å². The molecule has 1 aliphatic carbocycles. The second kappa shape index (κ2) is 5.61. The van der Waals surface area contributed by atoms with Gasteiger partial charge in [0.25, 0.3) is 0 Å². The lowest BCUT2D eigenvalue weighted by atomic mass is 9.68. The Morgan fingerprint density at radius 1 is 0.538 bits per heavy atom. The maximum Gasteiger partial charge on any atom is 0.384 e. The van der Waals surface area contributed by atoms with E-state index in [9.17, 15) is 65.9 Å². The molecule has 0 aromatic rings. The summed E-state index contributed by atoms with van der Waals surface area (Å²) in [6.07, 6.45) is 0. The second-order valence-corrected chi connectivity index (χ2v) is 6.96. The van der Waals surface area contributed by atoms with Gasteiger partial charge in [0, 0.05) is 0 Å². The first-order valence-electron chi connectivity index (χ1n) is 5.89. The van der Waals surface area contributed by atoms with Gasteiger partial charge < -0.3 is 0 Å². The maximum atomic E-state index is 13.9. The molecule has 0 unspecified atom stereocenters. The molecule has 0 aromatic carbocycles. The van der Waals surface area contributed by atoms with Crippen LogP contribution in [0.1, 0.15) is 0 Å². The smallest absolute Gasteiger partial charge is 0.247 e. The Morgan fingerprint density at radius 3 is 1.00 bits per heavy atom. The van der Waals surface area contributed by atoms with Crippen LogP contribution in [0.15, 0.2) is 0 Å². The molecule has 26 heavy (non-hydrogen) atoms. The lowest BCUT2D eigenvalue weighted by molar-refractivity contribution is -0.470. The van der Waals surface area contributed by atoms with Gasteiger partial charge in [-0.2, -0.15) is 43.9 Å². The monoisotopic (exact) mass is 536 g/mol. The van der Waals surface area contributed by atoms with Crippen molar-refractivity contribution in [3.63, 3.8) is 0 Å². The third-order valence-electron chi connectivity index (χ3n) is 3.86. The third-order valence-corrected chi connectivity index (χ3v) is 5.89. The minimum absolute atomic E-state index is 1.16. The molecule has 0 amide bonds. The van der Waals surface area contributed by atoms with Gasteiger partial charge in [0.2, 0.25) is 9.09 Å².